The van der Waals surface area contributed by atoms with Crippen molar-refractivity contribution in [3.8, 4) is 0 Å². The Labute approximate surface area is 223 Å². The Kier molecular flexibility index (Phi) is 10.0. The van der Waals surface area contributed by atoms with Crippen molar-refractivity contribution in [2.45, 2.75) is 70.9 Å². The Morgan fingerprint density at radius 2 is 1.47 bits per heavy atom. The van der Waals surface area contributed by atoms with E-state index in [0.29, 0.717) is 13.0 Å². The maximum absolute atomic E-state index is 13.4. The first-order valence-corrected chi connectivity index (χ1v) is 12.9. The summed E-state index contributed by atoms with van der Waals surface area (Å²) >= 11 is 0. The van der Waals surface area contributed by atoms with Crippen LogP contribution in [-0.2, 0) is 36.9 Å². The summed E-state index contributed by atoms with van der Waals surface area (Å²) in [7, 11) is 0. The maximum Gasteiger partial charge on any atom is 0.408 e. The number of benzene rings is 2. The molecule has 0 radical (unpaired) electrons. The minimum atomic E-state index is -0.971. The number of epoxide rings is 1. The van der Waals surface area contributed by atoms with Crippen molar-refractivity contribution in [1.82, 2.24) is 16.0 Å². The Balaban J connectivity index is 1.66. The second kappa shape index (κ2) is 13.2. The van der Waals surface area contributed by atoms with E-state index in [1.165, 1.54) is 6.92 Å². The smallest absolute Gasteiger partial charge is 0.408 e. The fraction of sp³-hybridized carbons (Fsp3) is 0.448. The monoisotopic (exact) mass is 523 g/mol. The number of ether oxygens (including phenoxy) is 2. The first-order valence-electron chi connectivity index (χ1n) is 12.9. The van der Waals surface area contributed by atoms with E-state index in [2.05, 4.69) is 16.0 Å². The quantitative estimate of drug-likeness (QED) is 0.347. The highest BCUT2D eigenvalue weighted by Crippen LogP contribution is 2.30. The predicted octanol–water partition coefficient (Wildman–Crippen LogP) is 2.92. The standard InChI is InChI=1S/C29H37N3O6/c1-5-19(2)24(25(33)29(4)18-38-29)32-27(35)23(16-21-12-8-6-9-13-21)31-26(34)20(3)30-28(36)37-17-22-14-10-7-11-15-22/h6-15,19-20,23-24H,5,16-18H2,1-4H3,(H,30,36)(H,31,34)(H,32,35)/t19-,20+,23+,24+,29-/m1/s1. The summed E-state index contributed by atoms with van der Waals surface area (Å²) in [6, 6.07) is 15.7. The van der Waals surface area contributed by atoms with Gasteiger partial charge in [0.2, 0.25) is 11.8 Å². The number of amides is 3. The van der Waals surface area contributed by atoms with E-state index in [4.69, 9.17) is 9.47 Å². The molecular weight excluding hydrogens is 486 g/mol. The van der Waals surface area contributed by atoms with Crippen molar-refractivity contribution >= 4 is 23.7 Å². The number of carbonyl (C=O) groups excluding carboxylic acids is 4. The first-order chi connectivity index (χ1) is 18.1. The number of alkyl carbamates (subject to hydrolysis) is 1. The molecule has 1 saturated heterocycles. The summed E-state index contributed by atoms with van der Waals surface area (Å²) in [5.41, 5.74) is 0.757. The molecular formula is C29H37N3O6. The van der Waals surface area contributed by atoms with Crippen LogP contribution in [0.4, 0.5) is 4.79 Å². The molecule has 3 N–H and O–H groups in total. The van der Waals surface area contributed by atoms with Crippen molar-refractivity contribution in [2.24, 2.45) is 5.92 Å². The molecule has 9 heteroatoms. The van der Waals surface area contributed by atoms with E-state index in [-0.39, 0.29) is 24.7 Å². The average Bonchev–Trinajstić information content (AvgIpc) is 3.68. The van der Waals surface area contributed by atoms with Gasteiger partial charge >= 0.3 is 6.09 Å². The van der Waals surface area contributed by atoms with Crippen molar-refractivity contribution in [1.29, 1.82) is 0 Å². The molecule has 1 aliphatic heterocycles. The third-order valence-electron chi connectivity index (χ3n) is 6.75. The molecule has 1 heterocycles. The molecule has 0 bridgehead atoms. The van der Waals surface area contributed by atoms with Gasteiger partial charge in [0.05, 0.1) is 12.6 Å². The van der Waals surface area contributed by atoms with Crippen LogP contribution in [0.15, 0.2) is 60.7 Å². The Morgan fingerprint density at radius 3 is 2.03 bits per heavy atom. The lowest BCUT2D eigenvalue weighted by Crippen LogP contribution is -2.58. The summed E-state index contributed by atoms with van der Waals surface area (Å²) < 4.78 is 10.5. The fourth-order valence-electron chi connectivity index (χ4n) is 3.90. The number of hydrogen-bond acceptors (Lipinski definition) is 6. The van der Waals surface area contributed by atoms with E-state index in [0.717, 1.165) is 11.1 Å². The van der Waals surface area contributed by atoms with Crippen molar-refractivity contribution in [2.75, 3.05) is 6.61 Å². The van der Waals surface area contributed by atoms with Gasteiger partial charge in [-0.3, -0.25) is 14.4 Å². The van der Waals surface area contributed by atoms with E-state index in [1.807, 2.05) is 74.5 Å². The van der Waals surface area contributed by atoms with Gasteiger partial charge < -0.3 is 25.4 Å². The van der Waals surface area contributed by atoms with E-state index in [1.54, 1.807) is 6.92 Å². The van der Waals surface area contributed by atoms with Gasteiger partial charge in [0, 0.05) is 6.42 Å². The zero-order chi connectivity index (χ0) is 27.7. The van der Waals surface area contributed by atoms with Crippen molar-refractivity contribution in [3.63, 3.8) is 0 Å². The predicted molar refractivity (Wildman–Crippen MR) is 142 cm³/mol. The van der Waals surface area contributed by atoms with Gasteiger partial charge in [-0.15, -0.1) is 0 Å². The minimum Gasteiger partial charge on any atom is -0.445 e. The SMILES string of the molecule is CC[C@@H](C)[C@H](NC(=O)[C@H](Cc1ccccc1)NC(=O)[C@H](C)NC(=O)OCc1ccccc1)C(=O)[C@@]1(C)CO1. The largest absolute Gasteiger partial charge is 0.445 e. The summed E-state index contributed by atoms with van der Waals surface area (Å²) in [6.07, 6.45) is 0.133. The third kappa shape index (κ3) is 8.14. The van der Waals surface area contributed by atoms with Crippen LogP contribution >= 0.6 is 0 Å². The summed E-state index contributed by atoms with van der Waals surface area (Å²) in [5.74, 6) is -1.34. The zero-order valence-corrected chi connectivity index (χ0v) is 22.4. The number of rotatable bonds is 13. The van der Waals surface area contributed by atoms with Crippen LogP contribution in [0.3, 0.4) is 0 Å². The van der Waals surface area contributed by atoms with Crippen LogP contribution in [0.5, 0.6) is 0 Å². The molecule has 1 fully saturated rings. The molecule has 5 atom stereocenters. The molecule has 2 aromatic rings. The molecule has 0 aromatic heterocycles. The Morgan fingerprint density at radius 1 is 0.895 bits per heavy atom. The van der Waals surface area contributed by atoms with Gasteiger partial charge in [-0.2, -0.15) is 0 Å². The number of hydrogen-bond donors (Lipinski definition) is 3. The lowest BCUT2D eigenvalue weighted by molar-refractivity contribution is -0.134. The lowest BCUT2D eigenvalue weighted by Gasteiger charge is -2.28. The molecule has 38 heavy (non-hydrogen) atoms. The number of Topliss-reactive ketones (excluding diaryl/α,β-unsaturated/α-hetero) is 1. The van der Waals surface area contributed by atoms with Crippen LogP contribution in [0.1, 0.15) is 45.2 Å². The van der Waals surface area contributed by atoms with Gasteiger partial charge in [0.15, 0.2) is 5.78 Å². The van der Waals surface area contributed by atoms with Crippen LogP contribution in [0.2, 0.25) is 0 Å². The molecule has 3 amide bonds. The molecule has 0 aliphatic carbocycles. The van der Waals surface area contributed by atoms with Crippen LogP contribution in [0.25, 0.3) is 0 Å². The minimum absolute atomic E-state index is 0.0632. The molecule has 0 saturated carbocycles. The third-order valence-corrected chi connectivity index (χ3v) is 6.75. The highest BCUT2D eigenvalue weighted by atomic mass is 16.6. The highest BCUT2D eigenvalue weighted by Gasteiger charge is 2.51. The first kappa shape index (κ1) is 28.8. The molecule has 0 unspecified atom stereocenters. The van der Waals surface area contributed by atoms with Crippen molar-refractivity contribution in [3.05, 3.63) is 71.8 Å². The average molecular weight is 524 g/mol. The van der Waals surface area contributed by atoms with E-state index < -0.39 is 41.6 Å². The van der Waals surface area contributed by atoms with Gasteiger partial charge in [-0.1, -0.05) is 80.9 Å². The normalized spacial score (nSPS) is 19.3. The van der Waals surface area contributed by atoms with Crippen LogP contribution in [-0.4, -0.2) is 54.0 Å². The molecule has 3 rings (SSSR count). The van der Waals surface area contributed by atoms with Gasteiger partial charge in [-0.05, 0) is 30.9 Å². The van der Waals surface area contributed by atoms with Crippen LogP contribution in [0, 0.1) is 5.92 Å². The number of nitrogens with one attached hydrogen (secondary N) is 3. The lowest BCUT2D eigenvalue weighted by atomic mass is 9.89. The second-order valence-corrected chi connectivity index (χ2v) is 9.93. The number of carbonyl (C=O) groups is 4. The molecule has 9 nitrogen and oxygen atoms in total. The summed E-state index contributed by atoms with van der Waals surface area (Å²) in [5, 5.41) is 8.10. The molecule has 0 spiro atoms. The van der Waals surface area contributed by atoms with Gasteiger partial charge in [0.1, 0.15) is 24.3 Å². The van der Waals surface area contributed by atoms with E-state index in [9.17, 15) is 19.2 Å². The van der Waals surface area contributed by atoms with Gasteiger partial charge in [0.25, 0.3) is 0 Å². The highest BCUT2D eigenvalue weighted by molar-refractivity contribution is 5.98. The topological polar surface area (TPSA) is 126 Å². The summed E-state index contributed by atoms with van der Waals surface area (Å²) in [6.45, 7) is 7.45. The fourth-order valence-corrected chi connectivity index (χ4v) is 3.90. The Bertz CT molecular complexity index is 1100. The van der Waals surface area contributed by atoms with Crippen molar-refractivity contribution < 1.29 is 28.7 Å². The van der Waals surface area contributed by atoms with E-state index >= 15 is 0 Å². The Hall–Kier alpha value is -3.72. The van der Waals surface area contributed by atoms with Crippen LogP contribution < -0.4 is 16.0 Å². The molecule has 204 valence electrons. The zero-order valence-electron chi connectivity index (χ0n) is 22.4. The van der Waals surface area contributed by atoms with Gasteiger partial charge in [-0.25, -0.2) is 4.79 Å². The second-order valence-electron chi connectivity index (χ2n) is 9.93. The molecule has 1 aliphatic rings. The summed E-state index contributed by atoms with van der Waals surface area (Å²) in [4.78, 5) is 51.7. The number of ketones is 1. The molecule has 2 aromatic carbocycles. The maximum atomic E-state index is 13.4.